The molecule has 22 heavy (non-hydrogen) atoms. The number of alkyl halides is 3. The topological polar surface area (TPSA) is 70.1 Å². The van der Waals surface area contributed by atoms with Crippen molar-refractivity contribution in [3.05, 3.63) is 17.0 Å². The smallest absolute Gasteiger partial charge is 0.373 e. The number of amides is 1. The van der Waals surface area contributed by atoms with E-state index in [1.807, 2.05) is 0 Å². The maximum atomic E-state index is 13.4. The maximum absolute atomic E-state index is 13.4. The third-order valence-corrected chi connectivity index (χ3v) is 4.84. The van der Waals surface area contributed by atoms with E-state index in [0.29, 0.717) is 25.4 Å². The summed E-state index contributed by atoms with van der Waals surface area (Å²) < 4.78 is 47.0. The Balaban J connectivity index is 1.78. The zero-order valence-electron chi connectivity index (χ0n) is 11.8. The van der Waals surface area contributed by atoms with Crippen LogP contribution >= 0.6 is 0 Å². The molecular weight excluding hydrogens is 299 g/mol. The van der Waals surface area contributed by atoms with Crippen LogP contribution < -0.4 is 5.73 Å². The molecule has 2 bridgehead atoms. The Hall–Kier alpha value is -1.57. The van der Waals surface area contributed by atoms with Crippen LogP contribution in [0.3, 0.4) is 0 Å². The molecule has 2 saturated carbocycles. The Morgan fingerprint density at radius 2 is 2.09 bits per heavy atom. The van der Waals surface area contributed by atoms with E-state index in [1.165, 1.54) is 0 Å². The van der Waals surface area contributed by atoms with Gasteiger partial charge in [0.25, 0.3) is 5.91 Å². The Bertz CT molecular complexity index is 637. The van der Waals surface area contributed by atoms with Crippen LogP contribution in [-0.4, -0.2) is 27.9 Å². The fraction of sp³-hybridized carbons (Fsp3) is 0.714. The number of hydrogen-bond donors (Lipinski definition) is 1. The molecule has 5 nitrogen and oxygen atoms in total. The average molecular weight is 315 g/mol. The van der Waals surface area contributed by atoms with Gasteiger partial charge >= 0.3 is 6.18 Å². The first-order valence-electron chi connectivity index (χ1n) is 7.41. The summed E-state index contributed by atoms with van der Waals surface area (Å²) in [4.78, 5) is 11.7. The second-order valence-electron chi connectivity index (χ2n) is 6.67. The molecule has 5 rings (SSSR count). The predicted octanol–water partition coefficient (Wildman–Crippen LogP) is 2.06. The van der Waals surface area contributed by atoms with Gasteiger partial charge < -0.3 is 10.5 Å². The minimum Gasteiger partial charge on any atom is -0.373 e. The Labute approximate surface area is 124 Å². The van der Waals surface area contributed by atoms with Crippen molar-refractivity contribution in [2.45, 2.75) is 49.9 Å². The highest BCUT2D eigenvalue weighted by atomic mass is 19.4. The summed E-state index contributed by atoms with van der Waals surface area (Å²) in [5.41, 5.74) is 3.26. The lowest BCUT2D eigenvalue weighted by molar-refractivity contribution is -0.138. The van der Waals surface area contributed by atoms with Crippen LogP contribution in [0.15, 0.2) is 0 Å². The SMILES string of the molecule is NC(=O)c1c(C(F)(F)F)c(C2CC2)nn1CC12CC(CO1)C2. The van der Waals surface area contributed by atoms with Gasteiger partial charge in [0.2, 0.25) is 0 Å². The number of carbonyl (C=O) groups excluding carboxylic acids is 1. The number of primary amides is 1. The summed E-state index contributed by atoms with van der Waals surface area (Å²) in [6, 6.07) is 0. The van der Waals surface area contributed by atoms with E-state index in [9.17, 15) is 18.0 Å². The van der Waals surface area contributed by atoms with Crippen molar-refractivity contribution in [2.75, 3.05) is 6.61 Å². The molecule has 2 N–H and O–H groups in total. The van der Waals surface area contributed by atoms with E-state index < -0.39 is 28.9 Å². The molecule has 1 aromatic rings. The van der Waals surface area contributed by atoms with E-state index in [1.54, 1.807) is 0 Å². The number of carbonyl (C=O) groups is 1. The van der Waals surface area contributed by atoms with Gasteiger partial charge in [0.1, 0.15) is 11.3 Å². The number of ether oxygens (including phenoxy) is 1. The van der Waals surface area contributed by atoms with E-state index in [-0.39, 0.29) is 18.2 Å². The molecule has 3 heterocycles. The third-order valence-electron chi connectivity index (χ3n) is 4.84. The molecule has 4 fully saturated rings. The molecule has 2 saturated heterocycles. The lowest BCUT2D eigenvalue weighted by atomic mass is 9.74. The molecule has 1 amide bonds. The standard InChI is InChI=1S/C14H16F3N3O2/c15-14(16,17)9-10(8-1-2-8)19-20(11(9)12(18)21)6-13-3-7(4-13)5-22-13/h7-8H,1-6H2,(H2,18,21). The lowest BCUT2D eigenvalue weighted by Gasteiger charge is -2.35. The first-order chi connectivity index (χ1) is 10.3. The molecule has 2 aliphatic carbocycles. The highest BCUT2D eigenvalue weighted by Crippen LogP contribution is 2.51. The molecular formula is C14H16F3N3O2. The van der Waals surface area contributed by atoms with Gasteiger partial charge in [-0.25, -0.2) is 0 Å². The molecule has 2 aliphatic heterocycles. The Morgan fingerprint density at radius 3 is 2.55 bits per heavy atom. The van der Waals surface area contributed by atoms with Gasteiger partial charge in [-0.1, -0.05) is 0 Å². The normalized spacial score (nSPS) is 30.4. The molecule has 0 radical (unpaired) electrons. The largest absolute Gasteiger partial charge is 0.420 e. The zero-order chi connectivity index (χ0) is 15.7. The zero-order valence-corrected chi connectivity index (χ0v) is 11.8. The minimum absolute atomic E-state index is 0.0356. The Morgan fingerprint density at radius 1 is 1.41 bits per heavy atom. The number of nitrogens with two attached hydrogens (primary N) is 1. The lowest BCUT2D eigenvalue weighted by Crippen LogP contribution is -2.42. The average Bonchev–Trinajstić information content (AvgIpc) is 2.86. The summed E-state index contributed by atoms with van der Waals surface area (Å²) in [5.74, 6) is -0.818. The van der Waals surface area contributed by atoms with Crippen molar-refractivity contribution in [3.63, 3.8) is 0 Å². The number of hydrogen-bond acceptors (Lipinski definition) is 3. The number of fused-ring (bicyclic) bond motifs is 1. The summed E-state index contributed by atoms with van der Waals surface area (Å²) in [6.45, 7) is 0.798. The second kappa shape index (κ2) is 4.24. The molecule has 1 aromatic heterocycles. The van der Waals surface area contributed by atoms with E-state index in [2.05, 4.69) is 5.10 Å². The molecule has 120 valence electrons. The number of rotatable bonds is 4. The van der Waals surface area contributed by atoms with Crippen molar-refractivity contribution >= 4 is 5.91 Å². The number of halogens is 3. The van der Waals surface area contributed by atoms with Crippen LogP contribution in [-0.2, 0) is 17.5 Å². The summed E-state index contributed by atoms with van der Waals surface area (Å²) in [5, 5.41) is 4.11. The molecule has 8 heteroatoms. The van der Waals surface area contributed by atoms with Gasteiger partial charge in [-0.3, -0.25) is 9.48 Å². The first-order valence-corrected chi connectivity index (χ1v) is 7.41. The summed E-state index contributed by atoms with van der Waals surface area (Å²) in [6.07, 6.45) is -1.67. The summed E-state index contributed by atoms with van der Waals surface area (Å²) >= 11 is 0. The molecule has 0 atom stereocenters. The second-order valence-corrected chi connectivity index (χ2v) is 6.67. The van der Waals surface area contributed by atoms with Crippen LogP contribution in [0.5, 0.6) is 0 Å². The fourth-order valence-electron chi connectivity index (χ4n) is 3.74. The minimum atomic E-state index is -4.63. The van der Waals surface area contributed by atoms with Crippen LogP contribution in [0.25, 0.3) is 0 Å². The van der Waals surface area contributed by atoms with Gasteiger partial charge in [0.05, 0.1) is 24.4 Å². The van der Waals surface area contributed by atoms with Crippen LogP contribution in [0.2, 0.25) is 0 Å². The van der Waals surface area contributed by atoms with Crippen molar-refractivity contribution < 1.29 is 22.7 Å². The monoisotopic (exact) mass is 315 g/mol. The van der Waals surface area contributed by atoms with Gasteiger partial charge in [0.15, 0.2) is 0 Å². The maximum Gasteiger partial charge on any atom is 0.420 e. The summed E-state index contributed by atoms with van der Waals surface area (Å²) in [7, 11) is 0. The van der Waals surface area contributed by atoms with Gasteiger partial charge in [-0.05, 0) is 31.6 Å². The highest BCUT2D eigenvalue weighted by molar-refractivity contribution is 5.93. The highest BCUT2D eigenvalue weighted by Gasteiger charge is 2.53. The van der Waals surface area contributed by atoms with E-state index in [4.69, 9.17) is 10.5 Å². The van der Waals surface area contributed by atoms with Gasteiger partial charge in [-0.15, -0.1) is 0 Å². The van der Waals surface area contributed by atoms with Crippen molar-refractivity contribution in [2.24, 2.45) is 11.7 Å². The van der Waals surface area contributed by atoms with Crippen LogP contribution in [0.4, 0.5) is 13.2 Å². The number of aromatic nitrogens is 2. The molecule has 0 unspecified atom stereocenters. The van der Waals surface area contributed by atoms with Crippen molar-refractivity contribution in [1.29, 1.82) is 0 Å². The quantitative estimate of drug-likeness (QED) is 0.924. The molecule has 0 spiro atoms. The third kappa shape index (κ3) is 2.04. The van der Waals surface area contributed by atoms with Gasteiger partial charge in [0, 0.05) is 5.92 Å². The van der Waals surface area contributed by atoms with Crippen molar-refractivity contribution in [3.8, 4) is 0 Å². The predicted molar refractivity (Wildman–Crippen MR) is 69.1 cm³/mol. The van der Waals surface area contributed by atoms with Crippen LogP contribution in [0, 0.1) is 5.92 Å². The Kier molecular flexibility index (Phi) is 2.71. The van der Waals surface area contributed by atoms with Gasteiger partial charge in [-0.2, -0.15) is 18.3 Å². The van der Waals surface area contributed by atoms with E-state index >= 15 is 0 Å². The fourth-order valence-corrected chi connectivity index (χ4v) is 3.74. The van der Waals surface area contributed by atoms with Crippen molar-refractivity contribution in [1.82, 2.24) is 9.78 Å². The first kappa shape index (κ1) is 14.0. The van der Waals surface area contributed by atoms with Crippen LogP contribution in [0.1, 0.15) is 53.3 Å². The molecule has 4 aliphatic rings. The molecule has 0 aromatic carbocycles. The van der Waals surface area contributed by atoms with E-state index in [0.717, 1.165) is 17.5 Å². The number of nitrogens with zero attached hydrogens (tertiary/aromatic N) is 2.